The minimum atomic E-state index is -0.414. The van der Waals surface area contributed by atoms with Crippen LogP contribution in [0.5, 0.6) is 5.75 Å². The number of hydrogen-bond acceptors (Lipinski definition) is 4. The van der Waals surface area contributed by atoms with Gasteiger partial charge < -0.3 is 19.7 Å². The highest BCUT2D eigenvalue weighted by Gasteiger charge is 2.25. The Morgan fingerprint density at radius 3 is 2.67 bits per heavy atom. The summed E-state index contributed by atoms with van der Waals surface area (Å²) in [4.78, 5) is 14.8. The second kappa shape index (κ2) is 8.99. The Balaban J connectivity index is 1.85. The van der Waals surface area contributed by atoms with E-state index in [1.54, 1.807) is 19.2 Å². The van der Waals surface area contributed by atoms with Crippen LogP contribution in [0.1, 0.15) is 31.4 Å². The molecule has 0 aromatic heterocycles. The third-order valence-corrected chi connectivity index (χ3v) is 4.60. The van der Waals surface area contributed by atoms with Crippen LogP contribution in [0.4, 0.5) is 4.39 Å². The van der Waals surface area contributed by atoms with E-state index in [0.29, 0.717) is 0 Å². The molecule has 2 rings (SSSR count). The molecule has 1 aliphatic heterocycles. The van der Waals surface area contributed by atoms with Gasteiger partial charge in [-0.15, -0.1) is 0 Å². The number of nitrogens with one attached hydrogen (secondary N) is 1. The zero-order valence-corrected chi connectivity index (χ0v) is 14.7. The molecule has 0 spiro atoms. The van der Waals surface area contributed by atoms with E-state index < -0.39 is 5.82 Å². The number of halogens is 1. The van der Waals surface area contributed by atoms with Crippen molar-refractivity contribution in [2.45, 2.75) is 25.8 Å². The number of benzene rings is 1. The second-order valence-corrected chi connectivity index (χ2v) is 6.23. The first kappa shape index (κ1) is 18.7. The van der Waals surface area contributed by atoms with Crippen LogP contribution >= 0.6 is 0 Å². The number of carbonyl (C=O) groups is 1. The molecule has 24 heavy (non-hydrogen) atoms. The maximum Gasteiger partial charge on any atom is 0.223 e. The van der Waals surface area contributed by atoms with Crippen LogP contribution in [0.2, 0.25) is 0 Å². The van der Waals surface area contributed by atoms with Gasteiger partial charge in [0.1, 0.15) is 0 Å². The number of piperidine rings is 1. The summed E-state index contributed by atoms with van der Waals surface area (Å²) in [7, 11) is 3.13. The maximum absolute atomic E-state index is 13.8. The van der Waals surface area contributed by atoms with Gasteiger partial charge in [-0.1, -0.05) is 6.07 Å². The van der Waals surface area contributed by atoms with E-state index in [-0.39, 0.29) is 23.6 Å². The highest BCUT2D eigenvalue weighted by molar-refractivity contribution is 5.79. The van der Waals surface area contributed by atoms with Gasteiger partial charge >= 0.3 is 0 Å². The van der Waals surface area contributed by atoms with E-state index in [1.807, 2.05) is 6.92 Å². The van der Waals surface area contributed by atoms with E-state index in [4.69, 9.17) is 9.47 Å². The fourth-order valence-electron chi connectivity index (χ4n) is 3.01. The zero-order chi connectivity index (χ0) is 17.5. The summed E-state index contributed by atoms with van der Waals surface area (Å²) in [5.41, 5.74) is 0.735. The predicted octanol–water partition coefficient (Wildman–Crippen LogP) is 2.37. The first-order chi connectivity index (χ1) is 11.5. The Morgan fingerprint density at radius 2 is 2.08 bits per heavy atom. The Bertz CT molecular complexity index is 545. The van der Waals surface area contributed by atoms with Crippen molar-refractivity contribution in [3.8, 4) is 5.75 Å². The molecule has 0 unspecified atom stereocenters. The van der Waals surface area contributed by atoms with Crippen LogP contribution in [-0.2, 0) is 9.53 Å². The summed E-state index contributed by atoms with van der Waals surface area (Å²) in [5.74, 6) is -0.136. The van der Waals surface area contributed by atoms with Gasteiger partial charge in [-0.25, -0.2) is 4.39 Å². The first-order valence-corrected chi connectivity index (χ1v) is 8.40. The monoisotopic (exact) mass is 338 g/mol. The molecule has 1 saturated heterocycles. The lowest BCUT2D eigenvalue weighted by molar-refractivity contribution is -0.127. The van der Waals surface area contributed by atoms with Gasteiger partial charge in [-0.3, -0.25) is 4.79 Å². The first-order valence-electron chi connectivity index (χ1n) is 8.40. The highest BCUT2D eigenvalue weighted by Crippen LogP contribution is 2.23. The molecule has 1 amide bonds. The molecule has 1 N–H and O–H groups in total. The summed E-state index contributed by atoms with van der Waals surface area (Å²) in [6.07, 6.45) is 1.69. The zero-order valence-electron chi connectivity index (χ0n) is 14.7. The number of ether oxygens (including phenoxy) is 2. The fraction of sp³-hybridized carbons (Fsp3) is 0.611. The summed E-state index contributed by atoms with van der Waals surface area (Å²) in [6.45, 7) is 5.32. The van der Waals surface area contributed by atoms with E-state index in [9.17, 15) is 9.18 Å². The number of methoxy groups -OCH3 is 2. The Labute approximate surface area is 143 Å². The average Bonchev–Trinajstić information content (AvgIpc) is 2.60. The lowest BCUT2D eigenvalue weighted by Crippen LogP contribution is -2.42. The van der Waals surface area contributed by atoms with Crippen LogP contribution in [0.25, 0.3) is 0 Å². The molecule has 0 bridgehead atoms. The number of hydrogen-bond donors (Lipinski definition) is 1. The third kappa shape index (κ3) is 4.92. The van der Waals surface area contributed by atoms with Crippen molar-refractivity contribution < 1.29 is 18.7 Å². The summed E-state index contributed by atoms with van der Waals surface area (Å²) < 4.78 is 23.8. The molecule has 0 saturated carbocycles. The molecule has 134 valence electrons. The minimum Gasteiger partial charge on any atom is -0.494 e. The normalized spacial score (nSPS) is 17.5. The molecule has 1 aromatic rings. The molecule has 0 aliphatic carbocycles. The van der Waals surface area contributed by atoms with Gasteiger partial charge in [-0.2, -0.15) is 0 Å². The van der Waals surface area contributed by atoms with Crippen molar-refractivity contribution in [1.29, 1.82) is 0 Å². The van der Waals surface area contributed by atoms with Crippen molar-refractivity contribution in [1.82, 2.24) is 10.2 Å². The van der Waals surface area contributed by atoms with Crippen LogP contribution in [0.3, 0.4) is 0 Å². The average molecular weight is 338 g/mol. The number of likely N-dealkylation sites (tertiary alicyclic amines) is 1. The van der Waals surface area contributed by atoms with Crippen molar-refractivity contribution in [3.63, 3.8) is 0 Å². The van der Waals surface area contributed by atoms with Gasteiger partial charge in [0.05, 0.1) is 19.8 Å². The molecule has 6 heteroatoms. The molecule has 1 aliphatic rings. The van der Waals surface area contributed by atoms with Crippen LogP contribution in [0, 0.1) is 11.7 Å². The molecule has 1 aromatic carbocycles. The van der Waals surface area contributed by atoms with Crippen LogP contribution < -0.4 is 10.1 Å². The van der Waals surface area contributed by atoms with E-state index in [0.717, 1.165) is 44.6 Å². The summed E-state index contributed by atoms with van der Waals surface area (Å²) in [5, 5.41) is 3.00. The van der Waals surface area contributed by atoms with Gasteiger partial charge in [0.15, 0.2) is 11.6 Å². The van der Waals surface area contributed by atoms with Crippen molar-refractivity contribution in [3.05, 3.63) is 29.6 Å². The lowest BCUT2D eigenvalue weighted by atomic mass is 9.95. The van der Waals surface area contributed by atoms with Gasteiger partial charge in [0.2, 0.25) is 5.91 Å². The minimum absolute atomic E-state index is 0.0225. The Hall–Kier alpha value is -1.66. The number of nitrogens with zero attached hydrogens (tertiary/aromatic N) is 1. The van der Waals surface area contributed by atoms with Crippen molar-refractivity contribution >= 4 is 5.91 Å². The molecule has 1 heterocycles. The summed E-state index contributed by atoms with van der Waals surface area (Å²) >= 11 is 0. The largest absolute Gasteiger partial charge is 0.494 e. The van der Waals surface area contributed by atoms with Gasteiger partial charge in [0.25, 0.3) is 0 Å². The molecular weight excluding hydrogens is 311 g/mol. The number of carbonyl (C=O) groups excluding carboxylic acids is 1. The van der Waals surface area contributed by atoms with Gasteiger partial charge in [0, 0.05) is 19.6 Å². The SMILES string of the molecule is COCCN1CCC(C(=O)N[C@H](C)c2ccc(OC)c(F)c2)CC1. The smallest absolute Gasteiger partial charge is 0.223 e. The molecule has 1 fully saturated rings. The lowest BCUT2D eigenvalue weighted by Gasteiger charge is -2.31. The van der Waals surface area contributed by atoms with E-state index in [2.05, 4.69) is 10.2 Å². The molecule has 0 radical (unpaired) electrons. The highest BCUT2D eigenvalue weighted by atomic mass is 19.1. The molecular formula is C18H27FN2O3. The van der Waals surface area contributed by atoms with Crippen molar-refractivity contribution in [2.75, 3.05) is 40.5 Å². The quantitative estimate of drug-likeness (QED) is 0.829. The Kier molecular flexibility index (Phi) is 6.99. The maximum atomic E-state index is 13.8. The molecule has 5 nitrogen and oxygen atoms in total. The number of rotatable bonds is 7. The van der Waals surface area contributed by atoms with Crippen LogP contribution in [-0.4, -0.2) is 51.3 Å². The standard InChI is InChI=1S/C18H27FN2O3/c1-13(15-4-5-17(24-3)16(19)12-15)20-18(22)14-6-8-21(9-7-14)10-11-23-2/h4-5,12-14H,6-11H2,1-3H3,(H,20,22)/t13-/m1/s1. The Morgan fingerprint density at radius 1 is 1.38 bits per heavy atom. The molecule has 1 atom stereocenters. The van der Waals surface area contributed by atoms with Crippen LogP contribution in [0.15, 0.2) is 18.2 Å². The number of amides is 1. The van der Waals surface area contributed by atoms with Gasteiger partial charge in [-0.05, 0) is 50.6 Å². The second-order valence-electron chi connectivity index (χ2n) is 6.23. The summed E-state index contributed by atoms with van der Waals surface area (Å²) in [6, 6.07) is 4.54. The fourth-order valence-corrected chi connectivity index (χ4v) is 3.01. The topological polar surface area (TPSA) is 50.8 Å². The van der Waals surface area contributed by atoms with E-state index >= 15 is 0 Å². The van der Waals surface area contributed by atoms with E-state index in [1.165, 1.54) is 13.2 Å². The predicted molar refractivity (Wildman–Crippen MR) is 90.5 cm³/mol. The third-order valence-electron chi connectivity index (χ3n) is 4.60. The van der Waals surface area contributed by atoms with Crippen molar-refractivity contribution in [2.24, 2.45) is 5.92 Å².